The summed E-state index contributed by atoms with van der Waals surface area (Å²) in [5, 5.41) is 18.0. The molecule has 0 aliphatic heterocycles. The molecule has 34 heavy (non-hydrogen) atoms. The van der Waals surface area contributed by atoms with Crippen LogP contribution in [0.3, 0.4) is 0 Å². The number of amides is 1. The van der Waals surface area contributed by atoms with Crippen LogP contribution in [-0.4, -0.2) is 47.3 Å². The van der Waals surface area contributed by atoms with Crippen molar-refractivity contribution in [2.24, 2.45) is 0 Å². The first-order valence-electron chi connectivity index (χ1n) is 10.5. The van der Waals surface area contributed by atoms with E-state index in [1.165, 1.54) is 23.5 Å². The van der Waals surface area contributed by atoms with Crippen LogP contribution in [0.1, 0.15) is 28.9 Å². The fourth-order valence-corrected chi connectivity index (χ4v) is 4.73. The smallest absolute Gasteiger partial charge is 0.291 e. The van der Waals surface area contributed by atoms with E-state index in [0.29, 0.717) is 29.4 Å². The third kappa shape index (κ3) is 4.44. The Kier molecular flexibility index (Phi) is 6.37. The lowest BCUT2D eigenvalue weighted by atomic mass is 10.2. The lowest BCUT2D eigenvalue weighted by Crippen LogP contribution is -2.31. The first-order valence-corrected chi connectivity index (χ1v) is 12.8. The van der Waals surface area contributed by atoms with Gasteiger partial charge in [0.2, 0.25) is 5.82 Å². The molecule has 0 saturated carbocycles. The highest BCUT2D eigenvalue weighted by Gasteiger charge is 2.25. The number of hydrogen-bond acceptors (Lipinski definition) is 7. The fourth-order valence-electron chi connectivity index (χ4n) is 3.56. The number of nitrogens with one attached hydrogen (secondary N) is 1. The molecule has 4 heterocycles. The summed E-state index contributed by atoms with van der Waals surface area (Å²) in [6.07, 6.45) is 4.55. The van der Waals surface area contributed by atoms with Crippen LogP contribution in [0.15, 0.2) is 66.2 Å². The number of carbonyl (C=O) groups excluding carboxylic acids is 1. The molecule has 5 aromatic rings. The molecule has 1 aromatic carbocycles. The molecule has 1 unspecified atom stereocenters. The molecule has 0 fully saturated rings. The Hall–Kier alpha value is -3.57. The highest BCUT2D eigenvalue weighted by molar-refractivity contribution is 7.98. The number of hydrogen-bond donors (Lipinski definition) is 1. The van der Waals surface area contributed by atoms with E-state index in [2.05, 4.69) is 25.6 Å². The van der Waals surface area contributed by atoms with Crippen LogP contribution in [0.25, 0.3) is 22.0 Å². The number of thioether (sulfide) groups is 1. The maximum atomic E-state index is 13.5. The molecule has 5 rings (SSSR count). The van der Waals surface area contributed by atoms with E-state index in [4.69, 9.17) is 0 Å². The second-order valence-electron chi connectivity index (χ2n) is 7.42. The molecule has 1 N–H and O–H groups in total. The molecule has 0 aliphatic carbocycles. The second-order valence-corrected chi connectivity index (χ2v) is 9.35. The summed E-state index contributed by atoms with van der Waals surface area (Å²) in [5.74, 6) is 1.24. The zero-order valence-corrected chi connectivity index (χ0v) is 19.8. The van der Waals surface area contributed by atoms with Crippen molar-refractivity contribution in [3.8, 4) is 16.4 Å². The summed E-state index contributed by atoms with van der Waals surface area (Å²) in [6.45, 7) is 0. The molecule has 4 aromatic heterocycles. The first kappa shape index (κ1) is 22.2. The largest absolute Gasteiger partial charge is 0.339 e. The average molecular weight is 494 g/mol. The Labute approximate surface area is 202 Å². The third-order valence-corrected chi connectivity index (χ3v) is 6.70. The molecule has 0 spiro atoms. The Bertz CT molecular complexity index is 1410. The van der Waals surface area contributed by atoms with Crippen molar-refractivity contribution in [3.63, 3.8) is 0 Å². The number of rotatable bonds is 8. The van der Waals surface area contributed by atoms with Gasteiger partial charge in [0, 0.05) is 6.20 Å². The Morgan fingerprint density at radius 3 is 2.76 bits per heavy atom. The Balaban J connectivity index is 1.49. The van der Waals surface area contributed by atoms with E-state index < -0.39 is 5.91 Å². The topological polar surface area (TPSA) is 90.0 Å². The molecule has 1 atom stereocenters. The summed E-state index contributed by atoms with van der Waals surface area (Å²) in [6, 6.07) is 15.0. The van der Waals surface area contributed by atoms with Crippen LogP contribution in [-0.2, 0) is 0 Å². The van der Waals surface area contributed by atoms with Crippen LogP contribution in [0.5, 0.6) is 0 Å². The van der Waals surface area contributed by atoms with Gasteiger partial charge < -0.3 is 5.32 Å². The van der Waals surface area contributed by atoms with Gasteiger partial charge in [-0.2, -0.15) is 11.8 Å². The molecule has 0 saturated heterocycles. The average Bonchev–Trinajstić information content (AvgIpc) is 3.61. The van der Waals surface area contributed by atoms with Crippen LogP contribution in [0, 0.1) is 5.82 Å². The van der Waals surface area contributed by atoms with Crippen LogP contribution in [0.2, 0.25) is 0 Å². The highest BCUT2D eigenvalue weighted by atomic mass is 32.2. The molecule has 8 nitrogen and oxygen atoms in total. The lowest BCUT2D eigenvalue weighted by molar-refractivity contribution is 0.0923. The summed E-state index contributed by atoms with van der Waals surface area (Å²) in [4.78, 5) is 18.7. The van der Waals surface area contributed by atoms with Crippen molar-refractivity contribution < 1.29 is 9.18 Å². The molecular formula is C23H20FN7OS2. The minimum Gasteiger partial charge on any atom is -0.339 e. The second kappa shape index (κ2) is 9.74. The van der Waals surface area contributed by atoms with Crippen molar-refractivity contribution in [2.45, 2.75) is 12.5 Å². The number of nitrogens with zero attached hydrogens (tertiary/aromatic N) is 6. The van der Waals surface area contributed by atoms with E-state index in [1.807, 2.05) is 52.6 Å². The zero-order chi connectivity index (χ0) is 23.5. The van der Waals surface area contributed by atoms with E-state index in [1.54, 1.807) is 28.6 Å². The predicted octanol–water partition coefficient (Wildman–Crippen LogP) is 4.40. The first-order chi connectivity index (χ1) is 16.6. The third-order valence-electron chi connectivity index (χ3n) is 5.19. The van der Waals surface area contributed by atoms with Gasteiger partial charge in [-0.3, -0.25) is 9.20 Å². The maximum absolute atomic E-state index is 13.5. The number of aromatic nitrogens is 6. The van der Waals surface area contributed by atoms with Gasteiger partial charge in [0.25, 0.3) is 5.91 Å². The Morgan fingerprint density at radius 2 is 2.00 bits per heavy atom. The SMILES string of the molecule is CSCCC(NC(=O)c1nc(-c2cccs2)n(-c2ccc(F)cc2)n1)c1nnc2ccccn12. The lowest BCUT2D eigenvalue weighted by Gasteiger charge is -2.16. The zero-order valence-electron chi connectivity index (χ0n) is 18.1. The maximum Gasteiger partial charge on any atom is 0.291 e. The monoisotopic (exact) mass is 493 g/mol. The molecule has 11 heteroatoms. The van der Waals surface area contributed by atoms with Crippen molar-refractivity contribution in [1.82, 2.24) is 34.7 Å². The standard InChI is InChI=1S/C23H20FN7OS2/c1-33-14-11-17(21-28-27-19-6-2-3-12-30(19)21)25-23(32)20-26-22(18-5-4-13-34-18)31(29-20)16-9-7-15(24)8-10-16/h2-10,12-13,17H,11,14H2,1H3,(H,25,32). The van der Waals surface area contributed by atoms with Crippen LogP contribution in [0.4, 0.5) is 4.39 Å². The normalized spacial score (nSPS) is 12.2. The summed E-state index contributed by atoms with van der Waals surface area (Å²) in [5.41, 5.74) is 1.32. The van der Waals surface area contributed by atoms with Gasteiger partial charge in [-0.1, -0.05) is 12.1 Å². The minimum absolute atomic E-state index is 0.0238. The number of thiophene rings is 1. The number of benzene rings is 1. The van der Waals surface area contributed by atoms with Gasteiger partial charge in [0.1, 0.15) is 5.82 Å². The van der Waals surface area contributed by atoms with Crippen molar-refractivity contribution in [1.29, 1.82) is 0 Å². The van der Waals surface area contributed by atoms with Crippen molar-refractivity contribution in [2.75, 3.05) is 12.0 Å². The van der Waals surface area contributed by atoms with Gasteiger partial charge in [-0.15, -0.1) is 26.6 Å². The quantitative estimate of drug-likeness (QED) is 0.345. The molecular weight excluding hydrogens is 473 g/mol. The molecule has 0 bridgehead atoms. The number of pyridine rings is 1. The molecule has 0 radical (unpaired) electrons. The van der Waals surface area contributed by atoms with Gasteiger partial charge >= 0.3 is 0 Å². The summed E-state index contributed by atoms with van der Waals surface area (Å²) < 4.78 is 16.9. The molecule has 1 amide bonds. The summed E-state index contributed by atoms with van der Waals surface area (Å²) in [7, 11) is 0. The number of carbonyl (C=O) groups is 1. The number of halogens is 1. The van der Waals surface area contributed by atoms with Gasteiger partial charge in [-0.25, -0.2) is 14.1 Å². The summed E-state index contributed by atoms with van der Waals surface area (Å²) >= 11 is 3.17. The highest BCUT2D eigenvalue weighted by Crippen LogP contribution is 2.26. The van der Waals surface area contributed by atoms with Crippen molar-refractivity contribution >= 4 is 34.7 Å². The van der Waals surface area contributed by atoms with Crippen molar-refractivity contribution in [3.05, 3.63) is 83.6 Å². The minimum atomic E-state index is -0.419. The van der Waals surface area contributed by atoms with Crippen LogP contribution >= 0.6 is 23.1 Å². The van der Waals surface area contributed by atoms with E-state index in [-0.39, 0.29) is 17.7 Å². The van der Waals surface area contributed by atoms with E-state index in [0.717, 1.165) is 10.6 Å². The molecule has 172 valence electrons. The molecule has 0 aliphatic rings. The van der Waals surface area contributed by atoms with Gasteiger partial charge in [0.05, 0.1) is 16.6 Å². The number of fused-ring (bicyclic) bond motifs is 1. The fraction of sp³-hybridized carbons (Fsp3) is 0.174. The van der Waals surface area contributed by atoms with E-state index in [9.17, 15) is 9.18 Å². The van der Waals surface area contributed by atoms with Crippen LogP contribution < -0.4 is 5.32 Å². The van der Waals surface area contributed by atoms with Gasteiger partial charge in [-0.05, 0) is 66.3 Å². The van der Waals surface area contributed by atoms with E-state index >= 15 is 0 Å². The van der Waals surface area contributed by atoms with Gasteiger partial charge in [0.15, 0.2) is 17.3 Å². The predicted molar refractivity (Wildman–Crippen MR) is 131 cm³/mol. The Morgan fingerprint density at radius 1 is 1.15 bits per heavy atom.